The Bertz CT molecular complexity index is 2330. The van der Waals surface area contributed by atoms with E-state index < -0.39 is 156 Å². The van der Waals surface area contributed by atoms with Crippen LogP contribution in [0, 0.1) is 0 Å². The van der Waals surface area contributed by atoms with E-state index in [9.17, 15) is 51.1 Å². The molecule has 5 unspecified atom stereocenters. The average Bonchev–Trinajstić information content (AvgIpc) is 4.13. The van der Waals surface area contributed by atoms with Gasteiger partial charge in [0, 0.05) is 0 Å². The zero-order valence-electron chi connectivity index (χ0n) is 44.8. The molecule has 470 valence electrons. The van der Waals surface area contributed by atoms with Crippen LogP contribution >= 0.6 is 0 Å². The molecule has 0 amide bonds. The summed E-state index contributed by atoms with van der Waals surface area (Å²) >= 11 is 0. The summed E-state index contributed by atoms with van der Waals surface area (Å²) in [6, 6.07) is 0. The maximum absolute atomic E-state index is 9.78. The highest BCUT2D eigenvalue weighted by Crippen LogP contribution is 2.31. The number of hydrogen-bond donors (Lipinski definition) is 20. The minimum absolute atomic E-state index is 0.0537. The van der Waals surface area contributed by atoms with Crippen molar-refractivity contribution in [2.45, 2.75) is 123 Å². The summed E-state index contributed by atoms with van der Waals surface area (Å²) < 4.78 is 26.5. The Labute approximate surface area is 481 Å². The molecule has 40 nitrogen and oxygen atoms in total. The number of hydrogen-bond acceptors (Lipinski definition) is 40. The van der Waals surface area contributed by atoms with Crippen molar-refractivity contribution in [1.82, 2.24) is 24.5 Å². The molecular weight excluding hydrogens is 1140 g/mol. The van der Waals surface area contributed by atoms with Gasteiger partial charge < -0.3 is 129 Å². The van der Waals surface area contributed by atoms with Crippen LogP contribution in [0.5, 0.6) is 0 Å². The van der Waals surface area contributed by atoms with Crippen LogP contribution in [0.1, 0.15) is 0 Å². The molecule has 10 heterocycles. The molecular formula is C45H70N20O20. The predicted molar refractivity (Wildman–Crippen MR) is 294 cm³/mol. The van der Waals surface area contributed by atoms with Gasteiger partial charge in [-0.25, -0.2) is 25.0 Å². The van der Waals surface area contributed by atoms with Crippen molar-refractivity contribution in [2.24, 2.45) is 78.6 Å². The second-order valence-electron chi connectivity index (χ2n) is 18.8. The third-order valence-corrected chi connectivity index (χ3v) is 13.2. The lowest BCUT2D eigenvalue weighted by atomic mass is 10.1. The van der Waals surface area contributed by atoms with Crippen LogP contribution in [0.15, 0.2) is 112 Å². The van der Waals surface area contributed by atoms with Crippen LogP contribution in [-0.4, -0.2) is 318 Å². The van der Waals surface area contributed by atoms with Gasteiger partial charge in [-0.3, -0.25) is 24.5 Å². The topological polar surface area (TPSA) is 620 Å². The largest absolute Gasteiger partial charge is 0.394 e. The summed E-state index contributed by atoms with van der Waals surface area (Å²) in [4.78, 5) is 44.5. The van der Waals surface area contributed by atoms with Gasteiger partial charge in [0.2, 0.25) is 29.8 Å². The molecule has 5 saturated heterocycles. The van der Waals surface area contributed by atoms with E-state index in [1.165, 1.54) is 56.2 Å². The average molecular weight is 1210 g/mol. The van der Waals surface area contributed by atoms with Crippen LogP contribution in [0.3, 0.4) is 0 Å². The van der Waals surface area contributed by atoms with Crippen molar-refractivity contribution in [3.8, 4) is 0 Å². The van der Waals surface area contributed by atoms with Crippen molar-refractivity contribution in [3.63, 3.8) is 0 Å². The van der Waals surface area contributed by atoms with Crippen molar-refractivity contribution >= 4 is 61.5 Å². The molecule has 0 aromatic heterocycles. The Hall–Kier alpha value is -7.40. The van der Waals surface area contributed by atoms with E-state index in [1.807, 2.05) is 0 Å². The van der Waals surface area contributed by atoms with Gasteiger partial charge in [-0.15, -0.1) is 0 Å². The molecule has 0 radical (unpaired) electrons. The van der Waals surface area contributed by atoms with Gasteiger partial charge in [0.25, 0.3) is 0 Å². The molecule has 40 heteroatoms. The Morgan fingerprint density at radius 3 is 0.541 bits per heavy atom. The molecule has 0 aromatic carbocycles. The van der Waals surface area contributed by atoms with Gasteiger partial charge >= 0.3 is 0 Å². The maximum atomic E-state index is 9.78. The number of aliphatic imine (C=N–C) groups is 10. The van der Waals surface area contributed by atoms with Crippen LogP contribution < -0.4 is 28.7 Å². The summed E-state index contributed by atoms with van der Waals surface area (Å²) in [5, 5.41) is 142. The Morgan fingerprint density at radius 1 is 0.294 bits per heavy atom. The molecule has 5 fully saturated rings. The lowest BCUT2D eigenvalue weighted by molar-refractivity contribution is -0.0607. The number of nitrogens with two attached hydrogens (primary N) is 5. The van der Waals surface area contributed by atoms with Gasteiger partial charge in [-0.1, -0.05) is 32.9 Å². The summed E-state index contributed by atoms with van der Waals surface area (Å²) in [7, 11) is 0. The number of ether oxygens (including phenoxy) is 5. The van der Waals surface area contributed by atoms with E-state index in [0.29, 0.717) is 0 Å². The molecule has 0 bridgehead atoms. The zero-order valence-corrected chi connectivity index (χ0v) is 44.8. The van der Waals surface area contributed by atoms with Gasteiger partial charge in [0.15, 0.2) is 31.1 Å². The minimum Gasteiger partial charge on any atom is -0.394 e. The van der Waals surface area contributed by atoms with Crippen LogP contribution in [-0.2, 0) is 23.7 Å². The Kier molecular flexibility index (Phi) is 22.9. The smallest absolute Gasteiger partial charge is 0.223 e. The normalized spacial score (nSPS) is 37.5. The summed E-state index contributed by atoms with van der Waals surface area (Å²) in [6.07, 6.45) is -14.0. The van der Waals surface area contributed by atoms with Crippen molar-refractivity contribution in [1.29, 1.82) is 0 Å². The van der Waals surface area contributed by atoms with E-state index in [2.05, 4.69) is 82.8 Å². The van der Waals surface area contributed by atoms with E-state index in [0.717, 1.165) is 0 Å². The number of rotatable bonds is 10. The highest BCUT2D eigenvalue weighted by Gasteiger charge is 2.50. The number of guanidine groups is 5. The lowest BCUT2D eigenvalue weighted by Crippen LogP contribution is -2.44. The lowest BCUT2D eigenvalue weighted by Gasteiger charge is -2.29. The fourth-order valence-electron chi connectivity index (χ4n) is 8.65. The second kappa shape index (κ2) is 29.1. The first-order valence-corrected chi connectivity index (χ1v) is 25.1. The molecule has 0 saturated carbocycles. The Morgan fingerprint density at radius 2 is 0.435 bits per heavy atom. The van der Waals surface area contributed by atoms with Crippen LogP contribution in [0.25, 0.3) is 0 Å². The van der Waals surface area contributed by atoms with E-state index in [4.69, 9.17) is 77.9 Å². The van der Waals surface area contributed by atoms with Crippen molar-refractivity contribution in [3.05, 3.63) is 62.0 Å². The molecule has 10 rings (SSSR count). The predicted octanol–water partition coefficient (Wildman–Crippen LogP) is -12.2. The number of aliphatic hydroxyl groups excluding tert-OH is 15. The number of aliphatic hydroxyl groups is 15. The first-order chi connectivity index (χ1) is 40.2. The molecule has 85 heavy (non-hydrogen) atoms. The van der Waals surface area contributed by atoms with Crippen LogP contribution in [0.2, 0.25) is 0 Å². The minimum atomic E-state index is -1.19. The van der Waals surface area contributed by atoms with Gasteiger partial charge in [0.1, 0.15) is 152 Å². The summed E-state index contributed by atoms with van der Waals surface area (Å²) in [5.41, 5.74) is 26.9. The van der Waals surface area contributed by atoms with E-state index in [1.54, 1.807) is 0 Å². The highest BCUT2D eigenvalue weighted by molar-refractivity contribution is 5.91. The maximum Gasteiger partial charge on any atom is 0.223 e. The quantitative estimate of drug-likeness (QED) is 0.0966. The third kappa shape index (κ3) is 15.2. The van der Waals surface area contributed by atoms with E-state index >= 15 is 0 Å². The SMILES string of the molecule is C=C1N=C(N)N=CN1[C@@H]1O[C@H](CO)C(O)[C@@H]1O.C=C1N=C(N)N=CN1[C@@H]1O[C@H](CO)C(O)[C@@H]1O.C=C1N=C(N)N=CN1[C@@H]1O[C@H](CO)C(O)[C@@H]1O.C=C1N=C(N)N=CN1[C@@H]1O[C@H](CO)C(O)[C@@H]1O.C=C1N=C(N)N=CN1[C@@H]1O[C@H](CO)C(O)[C@@H]1O. The van der Waals surface area contributed by atoms with E-state index in [-0.39, 0.29) is 58.9 Å². The van der Waals surface area contributed by atoms with Gasteiger partial charge in [-0.05, 0) is 0 Å². The summed E-state index contributed by atoms with van der Waals surface area (Å²) in [6.45, 7) is 16.2. The standard InChI is InChI=1S/5C9H14N4O4/c5*1-4-12-9(10)11-3-13(4)8-7(16)6(15)5(2-14)17-8/h5*3,5-8,14-16H,1-2H2,(H2,10,12)/t5*5-,6?,7+,8-/m11111/s1. The second-order valence-corrected chi connectivity index (χ2v) is 18.8. The fourth-order valence-corrected chi connectivity index (χ4v) is 8.65. The van der Waals surface area contributed by atoms with Crippen LogP contribution in [0.4, 0.5) is 0 Å². The molecule has 10 aliphatic heterocycles. The van der Waals surface area contributed by atoms with Crippen molar-refractivity contribution in [2.75, 3.05) is 33.0 Å². The highest BCUT2D eigenvalue weighted by atomic mass is 16.6. The van der Waals surface area contributed by atoms with Gasteiger partial charge in [-0.2, -0.15) is 25.0 Å². The van der Waals surface area contributed by atoms with Gasteiger partial charge in [0.05, 0.1) is 33.0 Å². The van der Waals surface area contributed by atoms with Crippen molar-refractivity contribution < 1.29 is 100 Å². The Balaban J connectivity index is 0.000000170. The molecule has 10 aliphatic rings. The molecule has 25 N–H and O–H groups in total. The first-order valence-electron chi connectivity index (χ1n) is 25.1. The number of nitrogens with zero attached hydrogens (tertiary/aromatic N) is 15. The first kappa shape index (κ1) is 66.7. The summed E-state index contributed by atoms with van der Waals surface area (Å²) in [5.74, 6) is 1.48. The molecule has 20 atom stereocenters. The molecule has 0 aliphatic carbocycles. The molecule has 0 spiro atoms. The fraction of sp³-hybridized carbons (Fsp3) is 0.556. The molecule has 0 aromatic rings. The third-order valence-electron chi connectivity index (χ3n) is 13.2. The zero-order chi connectivity index (χ0) is 62.9. The monoisotopic (exact) mass is 1210 g/mol.